The van der Waals surface area contributed by atoms with Crippen molar-refractivity contribution in [3.8, 4) is 44.5 Å². The minimum atomic E-state index is -0.222. The molecule has 8 aromatic carbocycles. The molecule has 51 heavy (non-hydrogen) atoms. The second-order valence-electron chi connectivity index (χ2n) is 13.9. The summed E-state index contributed by atoms with van der Waals surface area (Å²) in [4.78, 5) is 2.36. The van der Waals surface area contributed by atoms with Gasteiger partial charge in [0, 0.05) is 28.0 Å². The first kappa shape index (κ1) is 30.8. The molecule has 0 aromatic heterocycles. The van der Waals surface area contributed by atoms with Crippen LogP contribution in [0.15, 0.2) is 182 Å². The predicted octanol–water partition coefficient (Wildman–Crippen LogP) is 13.8. The average molecular weight is 658 g/mol. The monoisotopic (exact) mass is 657 g/mol. The highest BCUT2D eigenvalue weighted by molar-refractivity contribution is 6.07. The van der Waals surface area contributed by atoms with Gasteiger partial charge in [0.05, 0.1) is 0 Å². The third-order valence-electron chi connectivity index (χ3n) is 10.5. The van der Waals surface area contributed by atoms with Crippen LogP contribution in [0.25, 0.3) is 55.3 Å². The minimum absolute atomic E-state index is 0.0726. The quantitative estimate of drug-likeness (QED) is 0.172. The summed E-state index contributed by atoms with van der Waals surface area (Å²) in [6.07, 6.45) is 0. The van der Waals surface area contributed by atoms with Gasteiger partial charge in [0.2, 0.25) is 0 Å². The van der Waals surface area contributed by atoms with Gasteiger partial charge in [0.15, 0.2) is 0 Å². The molecule has 0 fully saturated rings. The molecule has 0 unspecified atom stereocenters. The highest BCUT2D eigenvalue weighted by Crippen LogP contribution is 2.51. The molecule has 0 amide bonds. The Morgan fingerprint density at radius 2 is 0.961 bits per heavy atom. The third kappa shape index (κ3) is 5.23. The first-order valence-electron chi connectivity index (χ1n) is 17.5. The van der Waals surface area contributed by atoms with Crippen LogP contribution in [0.5, 0.6) is 0 Å². The van der Waals surface area contributed by atoms with Crippen molar-refractivity contribution < 1.29 is 4.39 Å². The molecule has 1 nitrogen and oxygen atoms in total. The fraction of sp³-hybridized carbons (Fsp3) is 0.0612. The van der Waals surface area contributed by atoms with Crippen LogP contribution < -0.4 is 4.90 Å². The first-order chi connectivity index (χ1) is 25.0. The smallest absolute Gasteiger partial charge is 0.131 e. The van der Waals surface area contributed by atoms with Crippen LogP contribution in [-0.4, -0.2) is 0 Å². The van der Waals surface area contributed by atoms with Crippen molar-refractivity contribution in [3.05, 3.63) is 199 Å². The zero-order valence-electron chi connectivity index (χ0n) is 28.6. The van der Waals surface area contributed by atoms with Crippen molar-refractivity contribution in [2.75, 3.05) is 4.90 Å². The Kier molecular flexibility index (Phi) is 7.40. The Morgan fingerprint density at radius 1 is 0.392 bits per heavy atom. The van der Waals surface area contributed by atoms with Crippen LogP contribution in [0.1, 0.15) is 25.0 Å². The van der Waals surface area contributed by atoms with Gasteiger partial charge in [-0.15, -0.1) is 0 Å². The van der Waals surface area contributed by atoms with Crippen molar-refractivity contribution in [2.24, 2.45) is 0 Å². The number of rotatable bonds is 6. The molecule has 0 saturated heterocycles. The van der Waals surface area contributed by atoms with Gasteiger partial charge in [-0.25, -0.2) is 4.39 Å². The molecule has 0 N–H and O–H groups in total. The first-order valence-corrected chi connectivity index (χ1v) is 17.5. The maximum Gasteiger partial charge on any atom is 0.131 e. The zero-order valence-corrected chi connectivity index (χ0v) is 28.6. The van der Waals surface area contributed by atoms with E-state index in [1.807, 2.05) is 24.3 Å². The lowest BCUT2D eigenvalue weighted by molar-refractivity contribution is 0.631. The van der Waals surface area contributed by atoms with Gasteiger partial charge >= 0.3 is 0 Å². The van der Waals surface area contributed by atoms with Crippen molar-refractivity contribution in [1.29, 1.82) is 0 Å². The molecule has 1 aliphatic rings. The molecular formula is C49H36FN. The van der Waals surface area contributed by atoms with Gasteiger partial charge in [-0.05, 0) is 103 Å². The van der Waals surface area contributed by atoms with Crippen LogP contribution in [0, 0.1) is 5.82 Å². The van der Waals surface area contributed by atoms with Crippen LogP contribution in [0.2, 0.25) is 0 Å². The van der Waals surface area contributed by atoms with Gasteiger partial charge in [-0.1, -0.05) is 153 Å². The molecule has 2 heteroatoms. The summed E-state index contributed by atoms with van der Waals surface area (Å²) in [7, 11) is 0. The molecular weight excluding hydrogens is 622 g/mol. The Hall–Kier alpha value is -6.25. The van der Waals surface area contributed by atoms with Crippen LogP contribution in [0.4, 0.5) is 21.5 Å². The molecule has 244 valence electrons. The minimum Gasteiger partial charge on any atom is -0.310 e. The Bertz CT molecular complexity index is 2560. The van der Waals surface area contributed by atoms with Gasteiger partial charge in [-0.2, -0.15) is 0 Å². The van der Waals surface area contributed by atoms with Crippen molar-refractivity contribution in [3.63, 3.8) is 0 Å². The molecule has 0 bridgehead atoms. The lowest BCUT2D eigenvalue weighted by atomic mass is 9.82. The number of halogens is 1. The SMILES string of the molecule is CC1(C)c2ccccc2-c2cc(N(c3ccc(-c4ccccc4)cc3)c3cccc(-c4cccc5cccc(-c6ccccc6F)c45)c3)ccc21. The summed E-state index contributed by atoms with van der Waals surface area (Å²) in [5, 5.41) is 2.12. The molecule has 0 radical (unpaired) electrons. The number of benzene rings is 8. The summed E-state index contributed by atoms with van der Waals surface area (Å²) >= 11 is 0. The third-order valence-corrected chi connectivity index (χ3v) is 10.5. The fourth-order valence-corrected chi connectivity index (χ4v) is 8.03. The topological polar surface area (TPSA) is 3.24 Å². The maximum atomic E-state index is 15.2. The number of hydrogen-bond acceptors (Lipinski definition) is 1. The van der Waals surface area contributed by atoms with E-state index >= 15 is 4.39 Å². The second-order valence-corrected chi connectivity index (χ2v) is 13.9. The Balaban J connectivity index is 1.22. The summed E-state index contributed by atoms with van der Waals surface area (Å²) in [6, 6.07) is 63.4. The lowest BCUT2D eigenvalue weighted by Crippen LogP contribution is -2.15. The van der Waals surface area contributed by atoms with Gasteiger partial charge in [-0.3, -0.25) is 0 Å². The van der Waals surface area contributed by atoms with Crippen molar-refractivity contribution in [2.45, 2.75) is 19.3 Å². The predicted molar refractivity (Wildman–Crippen MR) is 212 cm³/mol. The standard InChI is InChI=1S/C49H36FN/c1-49(2)45-23-8-6-19-41(45)44-32-39(29-30-46(44)49)51(37-27-25-34(26-28-37)33-13-4-3-5-14-33)38-18-10-17-36(31-38)40-21-11-15-35-16-12-22-43(48(35)40)42-20-7-9-24-47(42)50/h3-32H,1-2H3. The van der Waals surface area contributed by atoms with Crippen LogP contribution in [-0.2, 0) is 5.41 Å². The maximum absolute atomic E-state index is 15.2. The summed E-state index contributed by atoms with van der Waals surface area (Å²) in [5.74, 6) is -0.222. The molecule has 9 rings (SSSR count). The average Bonchev–Trinajstić information content (AvgIpc) is 3.41. The van der Waals surface area contributed by atoms with E-state index in [2.05, 4.69) is 164 Å². The van der Waals surface area contributed by atoms with E-state index in [1.54, 1.807) is 6.07 Å². The van der Waals surface area contributed by atoms with Gasteiger partial charge in [0.1, 0.15) is 5.82 Å². The normalized spacial score (nSPS) is 12.8. The van der Waals surface area contributed by atoms with Crippen LogP contribution in [0.3, 0.4) is 0 Å². The number of hydrogen-bond donors (Lipinski definition) is 0. The van der Waals surface area contributed by atoms with Gasteiger partial charge < -0.3 is 4.90 Å². The summed E-state index contributed by atoms with van der Waals surface area (Å²) in [6.45, 7) is 4.64. The highest BCUT2D eigenvalue weighted by atomic mass is 19.1. The van der Waals surface area contributed by atoms with E-state index in [9.17, 15) is 0 Å². The second kappa shape index (κ2) is 12.3. The van der Waals surface area contributed by atoms with E-state index in [0.717, 1.165) is 44.5 Å². The molecule has 0 heterocycles. The van der Waals surface area contributed by atoms with E-state index in [4.69, 9.17) is 0 Å². The van der Waals surface area contributed by atoms with Crippen molar-refractivity contribution >= 4 is 27.8 Å². The van der Waals surface area contributed by atoms with E-state index in [1.165, 1.54) is 39.4 Å². The van der Waals surface area contributed by atoms with E-state index in [0.29, 0.717) is 5.56 Å². The molecule has 0 saturated carbocycles. The fourth-order valence-electron chi connectivity index (χ4n) is 8.03. The molecule has 0 atom stereocenters. The zero-order chi connectivity index (χ0) is 34.5. The molecule has 1 aliphatic carbocycles. The lowest BCUT2D eigenvalue weighted by Gasteiger charge is -2.28. The molecule has 8 aromatic rings. The number of nitrogens with zero attached hydrogens (tertiary/aromatic N) is 1. The van der Waals surface area contributed by atoms with Crippen molar-refractivity contribution in [1.82, 2.24) is 0 Å². The van der Waals surface area contributed by atoms with Crippen LogP contribution >= 0.6 is 0 Å². The summed E-state index contributed by atoms with van der Waals surface area (Å²) in [5.41, 5.74) is 14.4. The summed E-state index contributed by atoms with van der Waals surface area (Å²) < 4.78 is 15.2. The Labute approximate surface area is 298 Å². The van der Waals surface area contributed by atoms with E-state index < -0.39 is 0 Å². The highest BCUT2D eigenvalue weighted by Gasteiger charge is 2.35. The number of fused-ring (bicyclic) bond motifs is 4. The van der Waals surface area contributed by atoms with Gasteiger partial charge in [0.25, 0.3) is 0 Å². The number of anilines is 3. The van der Waals surface area contributed by atoms with E-state index in [-0.39, 0.29) is 11.2 Å². The molecule has 0 aliphatic heterocycles. The Morgan fingerprint density at radius 3 is 1.75 bits per heavy atom. The largest absolute Gasteiger partial charge is 0.310 e. The molecule has 0 spiro atoms.